The molecular weight excluding hydrogens is 710 g/mol. The van der Waals surface area contributed by atoms with Crippen molar-refractivity contribution in [2.45, 2.75) is 30.2 Å². The third kappa shape index (κ3) is 6.67. The van der Waals surface area contributed by atoms with Crippen molar-refractivity contribution >= 4 is 61.7 Å². The summed E-state index contributed by atoms with van der Waals surface area (Å²) in [4.78, 5) is 48.4. The van der Waals surface area contributed by atoms with Crippen LogP contribution in [-0.2, 0) is 10.0 Å². The molecule has 4 heterocycles. The number of fused-ring (bicyclic) bond motifs is 1. The SMILES string of the molecule is O=C(O)N1CC=C(c2cc(C(=O)N3CCC(Nc4ncc(Cl)c(-c5cn(S(=O)(=O)c6ccccc6)c6ccccc56)n4)CC3)ccc2[N+](=O)[O-])CC1. The Morgan fingerprint density at radius 2 is 1.69 bits per heavy atom. The molecule has 7 rings (SSSR count). The molecule has 1 fully saturated rings. The number of nitro groups is 1. The predicted octanol–water partition coefficient (Wildman–Crippen LogP) is 6.38. The van der Waals surface area contributed by atoms with Gasteiger partial charge in [-0.1, -0.05) is 54.1 Å². The lowest BCUT2D eigenvalue weighted by Gasteiger charge is -2.32. The topological polar surface area (TPSA) is 181 Å². The highest BCUT2D eigenvalue weighted by Crippen LogP contribution is 2.36. The van der Waals surface area contributed by atoms with Gasteiger partial charge in [-0.3, -0.25) is 14.9 Å². The fourth-order valence-electron chi connectivity index (χ4n) is 6.63. The Hall–Kier alpha value is -5.80. The summed E-state index contributed by atoms with van der Waals surface area (Å²) in [6.45, 7) is 1.13. The molecule has 0 radical (unpaired) electrons. The van der Waals surface area contributed by atoms with Crippen molar-refractivity contribution in [3.8, 4) is 11.3 Å². The molecule has 3 aromatic carbocycles. The number of halogens is 1. The number of carboxylic acid groups (broad SMARTS) is 1. The van der Waals surface area contributed by atoms with Crippen molar-refractivity contribution in [1.29, 1.82) is 0 Å². The van der Waals surface area contributed by atoms with Crippen molar-refractivity contribution < 1.29 is 28.0 Å². The molecule has 2 amide bonds. The highest BCUT2D eigenvalue weighted by molar-refractivity contribution is 7.90. The van der Waals surface area contributed by atoms with Crippen molar-refractivity contribution in [3.63, 3.8) is 0 Å². The predicted molar refractivity (Wildman–Crippen MR) is 195 cm³/mol. The summed E-state index contributed by atoms with van der Waals surface area (Å²) in [5.74, 6) is 0.0409. The average molecular weight is 742 g/mol. The zero-order valence-corrected chi connectivity index (χ0v) is 29.1. The molecule has 5 aromatic rings. The molecule has 2 aliphatic heterocycles. The van der Waals surface area contributed by atoms with Crippen LogP contribution in [0, 0.1) is 10.1 Å². The number of likely N-dealkylation sites (tertiary alicyclic amines) is 1. The number of hydrogen-bond donors (Lipinski definition) is 2. The van der Waals surface area contributed by atoms with Gasteiger partial charge in [0.1, 0.15) is 0 Å². The molecule has 0 aliphatic carbocycles. The van der Waals surface area contributed by atoms with E-state index in [1.165, 1.54) is 39.5 Å². The van der Waals surface area contributed by atoms with Gasteiger partial charge in [0.2, 0.25) is 5.95 Å². The fraction of sp³-hybridized carbons (Fsp3) is 0.222. The Kier molecular flexibility index (Phi) is 9.38. The summed E-state index contributed by atoms with van der Waals surface area (Å²) >= 11 is 6.61. The van der Waals surface area contributed by atoms with E-state index in [0.717, 1.165) is 0 Å². The Bertz CT molecular complexity index is 2360. The summed E-state index contributed by atoms with van der Waals surface area (Å²) in [5.41, 5.74) is 2.48. The number of nitrogens with one attached hydrogen (secondary N) is 1. The molecule has 266 valence electrons. The van der Waals surface area contributed by atoms with Gasteiger partial charge in [-0.2, -0.15) is 0 Å². The highest BCUT2D eigenvalue weighted by atomic mass is 35.5. The molecular formula is C36H32ClN7O7S. The Balaban J connectivity index is 1.07. The number of amides is 2. The maximum Gasteiger partial charge on any atom is 0.407 e. The number of carbonyl (C=O) groups is 2. The second kappa shape index (κ2) is 14.1. The van der Waals surface area contributed by atoms with Crippen molar-refractivity contribution in [2.75, 3.05) is 31.5 Å². The second-order valence-corrected chi connectivity index (χ2v) is 14.7. The summed E-state index contributed by atoms with van der Waals surface area (Å²) in [5, 5.41) is 25.3. The maximum atomic E-state index is 13.6. The van der Waals surface area contributed by atoms with Crippen LogP contribution in [0.3, 0.4) is 0 Å². The Labute approximate surface area is 303 Å². The first kappa shape index (κ1) is 34.6. The average Bonchev–Trinajstić information content (AvgIpc) is 3.56. The molecule has 2 aromatic heterocycles. The first-order chi connectivity index (χ1) is 25.0. The van der Waals surface area contributed by atoms with Gasteiger partial charge in [0.15, 0.2) is 0 Å². The fourth-order valence-corrected chi connectivity index (χ4v) is 8.22. The molecule has 0 unspecified atom stereocenters. The van der Waals surface area contributed by atoms with Crippen LogP contribution in [0.15, 0.2) is 96.2 Å². The minimum absolute atomic E-state index is 0.0881. The van der Waals surface area contributed by atoms with E-state index >= 15 is 0 Å². The molecule has 52 heavy (non-hydrogen) atoms. The highest BCUT2D eigenvalue weighted by Gasteiger charge is 2.29. The second-order valence-electron chi connectivity index (χ2n) is 12.5. The number of carbonyl (C=O) groups excluding carboxylic acids is 1. The van der Waals surface area contributed by atoms with Gasteiger partial charge in [0.25, 0.3) is 21.6 Å². The van der Waals surface area contributed by atoms with Crippen LogP contribution in [0.2, 0.25) is 5.02 Å². The van der Waals surface area contributed by atoms with E-state index in [-0.39, 0.29) is 40.6 Å². The smallest absolute Gasteiger partial charge is 0.407 e. The first-order valence-corrected chi connectivity index (χ1v) is 18.3. The maximum absolute atomic E-state index is 13.6. The third-order valence-electron chi connectivity index (χ3n) is 9.36. The molecule has 0 saturated carbocycles. The molecule has 0 atom stereocenters. The normalized spacial score (nSPS) is 15.4. The van der Waals surface area contributed by atoms with Crippen LogP contribution in [0.4, 0.5) is 16.4 Å². The number of nitro benzene ring substituents is 1. The van der Waals surface area contributed by atoms with Gasteiger partial charge >= 0.3 is 6.09 Å². The summed E-state index contributed by atoms with van der Waals surface area (Å²) in [6.07, 6.45) is 5.01. The number of rotatable bonds is 8. The Morgan fingerprint density at radius 3 is 2.38 bits per heavy atom. The third-order valence-corrected chi connectivity index (χ3v) is 11.3. The van der Waals surface area contributed by atoms with E-state index in [2.05, 4.69) is 10.3 Å². The van der Waals surface area contributed by atoms with Gasteiger partial charge in [0, 0.05) is 61.0 Å². The van der Waals surface area contributed by atoms with Crippen molar-refractivity contribution in [1.82, 2.24) is 23.7 Å². The van der Waals surface area contributed by atoms with Crippen molar-refractivity contribution in [3.05, 3.63) is 118 Å². The van der Waals surface area contributed by atoms with E-state index in [4.69, 9.17) is 16.6 Å². The van der Waals surface area contributed by atoms with Crippen LogP contribution < -0.4 is 5.32 Å². The van der Waals surface area contributed by atoms with Crippen molar-refractivity contribution in [2.24, 2.45) is 0 Å². The van der Waals surface area contributed by atoms with E-state index in [9.17, 15) is 33.2 Å². The number of aromatic nitrogens is 3. The summed E-state index contributed by atoms with van der Waals surface area (Å²) in [6, 6.07) is 19.5. The zero-order chi connectivity index (χ0) is 36.6. The largest absolute Gasteiger partial charge is 0.465 e. The van der Waals surface area contributed by atoms with E-state index in [1.54, 1.807) is 53.4 Å². The molecule has 14 nitrogen and oxygen atoms in total. The van der Waals surface area contributed by atoms with Gasteiger partial charge in [-0.15, -0.1) is 0 Å². The number of para-hydroxylation sites is 1. The molecule has 0 spiro atoms. The van der Waals surface area contributed by atoms with Gasteiger partial charge in [-0.25, -0.2) is 27.2 Å². The molecule has 0 bridgehead atoms. The lowest BCUT2D eigenvalue weighted by Crippen LogP contribution is -2.42. The van der Waals surface area contributed by atoms with E-state index < -0.39 is 21.0 Å². The number of benzene rings is 3. The summed E-state index contributed by atoms with van der Waals surface area (Å²) < 4.78 is 28.5. The Morgan fingerprint density at radius 1 is 0.962 bits per heavy atom. The number of piperidine rings is 1. The minimum Gasteiger partial charge on any atom is -0.465 e. The molecule has 2 aliphatic rings. The first-order valence-electron chi connectivity index (χ1n) is 16.5. The minimum atomic E-state index is -3.92. The van der Waals surface area contributed by atoms with E-state index in [1.807, 2.05) is 12.1 Å². The van der Waals surface area contributed by atoms with Gasteiger partial charge < -0.3 is 20.2 Å². The molecule has 16 heteroatoms. The van der Waals surface area contributed by atoms with Crippen LogP contribution in [0.1, 0.15) is 35.2 Å². The monoisotopic (exact) mass is 741 g/mol. The van der Waals surface area contributed by atoms with Crippen LogP contribution in [0.5, 0.6) is 0 Å². The van der Waals surface area contributed by atoms with Gasteiger partial charge in [0.05, 0.1) is 37.8 Å². The van der Waals surface area contributed by atoms with Crippen LogP contribution in [-0.4, -0.2) is 86.4 Å². The quantitative estimate of drug-likeness (QED) is 0.134. The summed E-state index contributed by atoms with van der Waals surface area (Å²) in [7, 11) is -3.92. The van der Waals surface area contributed by atoms with Gasteiger partial charge in [-0.05, 0) is 55.2 Å². The van der Waals surface area contributed by atoms with E-state index in [0.29, 0.717) is 77.2 Å². The van der Waals surface area contributed by atoms with Crippen LogP contribution in [0.25, 0.3) is 27.7 Å². The lowest BCUT2D eigenvalue weighted by molar-refractivity contribution is -0.385. The number of nitrogens with zero attached hydrogens (tertiary/aromatic N) is 6. The zero-order valence-electron chi connectivity index (χ0n) is 27.6. The lowest BCUT2D eigenvalue weighted by atomic mass is 9.95. The number of hydrogen-bond acceptors (Lipinski definition) is 9. The van der Waals surface area contributed by atoms with Crippen LogP contribution >= 0.6 is 11.6 Å². The number of anilines is 1. The standard InChI is InChI=1S/C36H32ClN7O7S/c37-30-21-38-35(40-33(30)29-22-43(31-9-5-4-8-27(29)31)52(50,51)26-6-2-1-3-7-26)39-25-14-18-41(19-15-25)34(45)24-10-11-32(44(48)49)28(20-24)23-12-16-42(17-13-23)36(46)47/h1-12,20-22,25H,13-19H2,(H,46,47)(H,38,39,40). The molecule has 2 N–H and O–H groups in total. The molecule has 1 saturated heterocycles.